The van der Waals surface area contributed by atoms with Crippen molar-refractivity contribution in [1.29, 1.82) is 0 Å². The average molecular weight is 377 g/mol. The number of nitrogens with one attached hydrogen (secondary N) is 1. The molecule has 0 amide bonds. The number of rotatable bonds is 6. The predicted octanol–water partition coefficient (Wildman–Crippen LogP) is 4.47. The Labute approximate surface area is 140 Å². The van der Waals surface area contributed by atoms with Crippen LogP contribution in [0.15, 0.2) is 22.7 Å². The number of ether oxygens (including phenoxy) is 1. The predicted molar refractivity (Wildman–Crippen MR) is 91.0 cm³/mol. The monoisotopic (exact) mass is 375 g/mol. The van der Waals surface area contributed by atoms with Gasteiger partial charge in [-0.15, -0.1) is 0 Å². The molecular weight excluding hydrogens is 354 g/mol. The van der Waals surface area contributed by atoms with E-state index in [1.807, 2.05) is 18.2 Å². The summed E-state index contributed by atoms with van der Waals surface area (Å²) in [5.41, 5.74) is 0.816. The maximum atomic E-state index is 10.0. The van der Waals surface area contributed by atoms with Gasteiger partial charge in [0.2, 0.25) is 0 Å². The van der Waals surface area contributed by atoms with Crippen LogP contribution in [0.5, 0.6) is 0 Å². The van der Waals surface area contributed by atoms with E-state index in [1.165, 1.54) is 12.8 Å². The van der Waals surface area contributed by atoms with Gasteiger partial charge in [0.1, 0.15) is 0 Å². The molecule has 0 bridgehead atoms. The van der Waals surface area contributed by atoms with Gasteiger partial charge in [0, 0.05) is 11.0 Å². The molecule has 0 radical (unpaired) electrons. The maximum absolute atomic E-state index is 10.0. The third kappa shape index (κ3) is 5.78. The van der Waals surface area contributed by atoms with Gasteiger partial charge in [-0.05, 0) is 49.8 Å². The van der Waals surface area contributed by atoms with Crippen LogP contribution in [0.2, 0.25) is 5.02 Å². The first-order valence-electron chi connectivity index (χ1n) is 7.53. The standard InChI is InChI=1S/C16H23BrClNO2/c1-11-2-5-14(6-3-11)21-10-13(20)9-19-16-8-12(17)4-7-15(16)18/h4,7-8,11,13-14,19-20H,2-3,5-6,9-10H2,1H3. The quantitative estimate of drug-likeness (QED) is 0.769. The molecule has 3 nitrogen and oxygen atoms in total. The largest absolute Gasteiger partial charge is 0.389 e. The molecular formula is C16H23BrClNO2. The fourth-order valence-electron chi connectivity index (χ4n) is 2.56. The molecule has 5 heteroatoms. The van der Waals surface area contributed by atoms with E-state index < -0.39 is 6.10 Å². The maximum Gasteiger partial charge on any atom is 0.0945 e. The Morgan fingerprint density at radius 3 is 2.81 bits per heavy atom. The minimum Gasteiger partial charge on any atom is -0.389 e. The molecule has 0 aromatic heterocycles. The van der Waals surface area contributed by atoms with E-state index in [4.69, 9.17) is 16.3 Å². The molecule has 0 heterocycles. The number of benzene rings is 1. The van der Waals surface area contributed by atoms with Crippen molar-refractivity contribution in [2.45, 2.75) is 44.8 Å². The summed E-state index contributed by atoms with van der Waals surface area (Å²) in [5.74, 6) is 0.815. The lowest BCUT2D eigenvalue weighted by Crippen LogP contribution is -2.29. The minimum atomic E-state index is -0.528. The van der Waals surface area contributed by atoms with Crippen LogP contribution in [-0.2, 0) is 4.74 Å². The van der Waals surface area contributed by atoms with Crippen molar-refractivity contribution in [3.05, 3.63) is 27.7 Å². The number of halogens is 2. The minimum absolute atomic E-state index is 0.310. The Hall–Kier alpha value is -0.290. The van der Waals surface area contributed by atoms with E-state index in [0.29, 0.717) is 24.3 Å². The summed E-state index contributed by atoms with van der Waals surface area (Å²) < 4.78 is 6.76. The molecule has 1 fully saturated rings. The zero-order valence-electron chi connectivity index (χ0n) is 12.3. The van der Waals surface area contributed by atoms with Crippen LogP contribution in [0.3, 0.4) is 0 Å². The van der Waals surface area contributed by atoms with Crippen molar-refractivity contribution in [2.75, 3.05) is 18.5 Å². The van der Waals surface area contributed by atoms with Crippen LogP contribution in [0, 0.1) is 5.92 Å². The summed E-state index contributed by atoms with van der Waals surface area (Å²) in [4.78, 5) is 0. The van der Waals surface area contributed by atoms with Gasteiger partial charge in [-0.25, -0.2) is 0 Å². The summed E-state index contributed by atoms with van der Waals surface area (Å²) in [6, 6.07) is 5.61. The van der Waals surface area contributed by atoms with Gasteiger partial charge in [-0.3, -0.25) is 0 Å². The molecule has 2 rings (SSSR count). The van der Waals surface area contributed by atoms with Crippen molar-refractivity contribution in [3.8, 4) is 0 Å². The molecule has 1 aromatic rings. The zero-order valence-corrected chi connectivity index (χ0v) is 14.7. The van der Waals surface area contributed by atoms with Gasteiger partial charge in [0.15, 0.2) is 0 Å². The van der Waals surface area contributed by atoms with E-state index in [-0.39, 0.29) is 0 Å². The molecule has 2 N–H and O–H groups in total. The summed E-state index contributed by atoms with van der Waals surface area (Å²) in [6.07, 6.45) is 4.46. The van der Waals surface area contributed by atoms with Crippen molar-refractivity contribution in [3.63, 3.8) is 0 Å². The number of aliphatic hydroxyl groups excluding tert-OH is 1. The van der Waals surface area contributed by atoms with E-state index in [1.54, 1.807) is 0 Å². The molecule has 0 aliphatic heterocycles. The molecule has 1 atom stereocenters. The van der Waals surface area contributed by atoms with Crippen LogP contribution in [-0.4, -0.2) is 30.5 Å². The lowest BCUT2D eigenvalue weighted by molar-refractivity contribution is -0.0245. The van der Waals surface area contributed by atoms with Gasteiger partial charge in [0.25, 0.3) is 0 Å². The van der Waals surface area contributed by atoms with Gasteiger partial charge < -0.3 is 15.2 Å². The summed E-state index contributed by atoms with van der Waals surface area (Å²) in [5, 5.41) is 13.8. The topological polar surface area (TPSA) is 41.5 Å². The van der Waals surface area contributed by atoms with E-state index in [0.717, 1.165) is 28.9 Å². The Bertz CT molecular complexity index is 450. The number of aliphatic hydroxyl groups is 1. The molecule has 21 heavy (non-hydrogen) atoms. The van der Waals surface area contributed by atoms with Crippen LogP contribution in [0.1, 0.15) is 32.6 Å². The second-order valence-electron chi connectivity index (χ2n) is 5.87. The second-order valence-corrected chi connectivity index (χ2v) is 7.20. The Morgan fingerprint density at radius 2 is 2.10 bits per heavy atom. The smallest absolute Gasteiger partial charge is 0.0945 e. The lowest BCUT2D eigenvalue weighted by atomic mass is 9.89. The molecule has 1 aromatic carbocycles. The van der Waals surface area contributed by atoms with Gasteiger partial charge in [-0.2, -0.15) is 0 Å². The number of hydrogen-bond donors (Lipinski definition) is 2. The third-order valence-electron chi connectivity index (χ3n) is 3.94. The first kappa shape index (κ1) is 17.1. The van der Waals surface area contributed by atoms with E-state index >= 15 is 0 Å². The molecule has 1 aliphatic rings. The molecule has 1 saturated carbocycles. The second kappa shape index (κ2) is 8.37. The molecule has 118 valence electrons. The number of anilines is 1. The third-order valence-corrected chi connectivity index (χ3v) is 4.77. The molecule has 1 aliphatic carbocycles. The van der Waals surface area contributed by atoms with E-state index in [9.17, 15) is 5.11 Å². The lowest BCUT2D eigenvalue weighted by Gasteiger charge is -2.27. The fourth-order valence-corrected chi connectivity index (χ4v) is 3.11. The highest BCUT2D eigenvalue weighted by atomic mass is 79.9. The SMILES string of the molecule is CC1CCC(OCC(O)CNc2cc(Br)ccc2Cl)CC1. The highest BCUT2D eigenvalue weighted by molar-refractivity contribution is 9.10. The van der Waals surface area contributed by atoms with Crippen LogP contribution >= 0.6 is 27.5 Å². The molecule has 1 unspecified atom stereocenters. The van der Waals surface area contributed by atoms with Crippen molar-refractivity contribution in [1.82, 2.24) is 0 Å². The van der Waals surface area contributed by atoms with Crippen LogP contribution in [0.25, 0.3) is 0 Å². The summed E-state index contributed by atoms with van der Waals surface area (Å²) in [7, 11) is 0. The fraction of sp³-hybridized carbons (Fsp3) is 0.625. The average Bonchev–Trinajstić information content (AvgIpc) is 2.47. The molecule has 0 spiro atoms. The number of hydrogen-bond acceptors (Lipinski definition) is 3. The van der Waals surface area contributed by atoms with Gasteiger partial charge in [0.05, 0.1) is 29.5 Å². The Kier molecular flexibility index (Phi) is 6.80. The Morgan fingerprint density at radius 1 is 1.38 bits per heavy atom. The first-order valence-corrected chi connectivity index (χ1v) is 8.70. The normalized spacial score (nSPS) is 23.8. The van der Waals surface area contributed by atoms with Crippen molar-refractivity contribution in [2.24, 2.45) is 5.92 Å². The van der Waals surface area contributed by atoms with E-state index in [2.05, 4.69) is 28.2 Å². The molecule has 0 saturated heterocycles. The van der Waals surface area contributed by atoms with Crippen molar-refractivity contribution >= 4 is 33.2 Å². The first-order chi connectivity index (χ1) is 10.0. The summed E-state index contributed by atoms with van der Waals surface area (Å²) in [6.45, 7) is 3.09. The zero-order chi connectivity index (χ0) is 15.2. The van der Waals surface area contributed by atoms with Crippen LogP contribution in [0.4, 0.5) is 5.69 Å². The Balaban J connectivity index is 1.70. The van der Waals surface area contributed by atoms with Crippen molar-refractivity contribution < 1.29 is 9.84 Å². The summed E-state index contributed by atoms with van der Waals surface area (Å²) >= 11 is 9.50. The highest BCUT2D eigenvalue weighted by Gasteiger charge is 2.19. The van der Waals surface area contributed by atoms with Crippen LogP contribution < -0.4 is 5.32 Å². The highest BCUT2D eigenvalue weighted by Crippen LogP contribution is 2.26. The van der Waals surface area contributed by atoms with Gasteiger partial charge >= 0.3 is 0 Å². The van der Waals surface area contributed by atoms with Gasteiger partial charge in [-0.1, -0.05) is 34.5 Å².